The molecule has 0 bridgehead atoms. The van der Waals surface area contributed by atoms with Gasteiger partial charge in [0.05, 0.1) is 38.3 Å². The van der Waals surface area contributed by atoms with Crippen LogP contribution in [0.1, 0.15) is 48.0 Å². The summed E-state index contributed by atoms with van der Waals surface area (Å²) in [6.45, 7) is 16.4. The van der Waals surface area contributed by atoms with Crippen LogP contribution in [0.25, 0.3) is 0 Å². The average Bonchev–Trinajstić information content (AvgIpc) is 2.49. The smallest absolute Gasteiger partial charge is 0.410 e. The zero-order valence-electron chi connectivity index (χ0n) is 18.3. The highest BCUT2D eigenvalue weighted by molar-refractivity contribution is 6.74. The summed E-state index contributed by atoms with van der Waals surface area (Å²) in [5.41, 5.74) is -0.647. The zero-order chi connectivity index (χ0) is 21.2. The Hall–Kier alpha value is -1.12. The molecule has 0 aromatic heterocycles. The standard InChI is InChI=1S/C19H37NO6Si/c1-18(2,3)26-17(23)20-11-15(21)14(16(22)24-7)10-13(20)12-25-27(8,9)19(4,5)6/h13-15,21H,10-12H2,1-9H3/t13-,14?,15+/m0/s1. The lowest BCUT2D eigenvalue weighted by atomic mass is 9.89. The summed E-state index contributed by atoms with van der Waals surface area (Å²) in [5, 5.41) is 10.4. The number of hydrogen-bond acceptors (Lipinski definition) is 6. The Balaban J connectivity index is 3.01. The number of piperidine rings is 1. The number of carbonyl (C=O) groups excluding carboxylic acids is 2. The number of aliphatic hydroxyl groups is 1. The highest BCUT2D eigenvalue weighted by atomic mass is 28.4. The minimum absolute atomic E-state index is 0.0141. The molecule has 3 atom stereocenters. The topological polar surface area (TPSA) is 85.3 Å². The number of esters is 1. The molecule has 0 aliphatic carbocycles. The first-order chi connectivity index (χ1) is 12.1. The number of likely N-dealkylation sites (tertiary alicyclic amines) is 1. The minimum Gasteiger partial charge on any atom is -0.469 e. The minimum atomic E-state index is -2.03. The molecule has 0 aromatic rings. The van der Waals surface area contributed by atoms with Crippen LogP contribution in [0.2, 0.25) is 18.1 Å². The van der Waals surface area contributed by atoms with Crippen molar-refractivity contribution in [2.24, 2.45) is 5.92 Å². The SMILES string of the molecule is COC(=O)C1C[C@@H](CO[Si](C)(C)C(C)(C)C)N(C(=O)OC(C)(C)C)C[C@H]1O. The molecule has 1 heterocycles. The second-order valence-electron chi connectivity index (χ2n) is 9.79. The molecule has 1 amide bonds. The monoisotopic (exact) mass is 403 g/mol. The van der Waals surface area contributed by atoms with Gasteiger partial charge >= 0.3 is 12.1 Å². The Morgan fingerprint density at radius 1 is 1.15 bits per heavy atom. The predicted octanol–water partition coefficient (Wildman–Crippen LogP) is 3.17. The summed E-state index contributed by atoms with van der Waals surface area (Å²) < 4.78 is 16.6. The number of nitrogens with zero attached hydrogens (tertiary/aromatic N) is 1. The Kier molecular flexibility index (Phi) is 7.52. The van der Waals surface area contributed by atoms with Crippen molar-refractivity contribution >= 4 is 20.4 Å². The Bertz CT molecular complexity index is 537. The van der Waals surface area contributed by atoms with Gasteiger partial charge in [0.15, 0.2) is 8.32 Å². The molecule has 7 nitrogen and oxygen atoms in total. The number of hydrogen-bond donors (Lipinski definition) is 1. The van der Waals surface area contributed by atoms with E-state index in [-0.39, 0.29) is 24.0 Å². The Morgan fingerprint density at radius 3 is 2.15 bits per heavy atom. The molecule has 1 rings (SSSR count). The molecule has 1 aliphatic rings. The van der Waals surface area contributed by atoms with E-state index in [9.17, 15) is 14.7 Å². The van der Waals surface area contributed by atoms with Gasteiger partial charge in [0.25, 0.3) is 0 Å². The van der Waals surface area contributed by atoms with E-state index in [2.05, 4.69) is 33.9 Å². The van der Waals surface area contributed by atoms with E-state index in [0.29, 0.717) is 6.61 Å². The van der Waals surface area contributed by atoms with E-state index in [1.54, 1.807) is 20.8 Å². The lowest BCUT2D eigenvalue weighted by Crippen LogP contribution is -2.57. The van der Waals surface area contributed by atoms with Gasteiger partial charge in [-0.25, -0.2) is 4.79 Å². The second kappa shape index (κ2) is 8.49. The second-order valence-corrected chi connectivity index (χ2v) is 14.6. The maximum absolute atomic E-state index is 12.7. The fourth-order valence-corrected chi connectivity index (χ4v) is 3.73. The van der Waals surface area contributed by atoms with Gasteiger partial charge in [-0.3, -0.25) is 4.79 Å². The van der Waals surface area contributed by atoms with Crippen LogP contribution in [-0.4, -0.2) is 68.4 Å². The summed E-state index contributed by atoms with van der Waals surface area (Å²) in [6.07, 6.45) is -1.22. The van der Waals surface area contributed by atoms with Gasteiger partial charge in [-0.2, -0.15) is 0 Å². The van der Waals surface area contributed by atoms with Gasteiger partial charge in [0, 0.05) is 0 Å². The van der Waals surface area contributed by atoms with Crippen molar-refractivity contribution in [3.8, 4) is 0 Å². The number of rotatable bonds is 4. The van der Waals surface area contributed by atoms with Crippen LogP contribution < -0.4 is 0 Å². The number of aliphatic hydroxyl groups excluding tert-OH is 1. The van der Waals surface area contributed by atoms with Crippen molar-refractivity contribution in [3.05, 3.63) is 0 Å². The summed E-state index contributed by atoms with van der Waals surface area (Å²) in [7, 11) is -0.730. The van der Waals surface area contributed by atoms with Crippen molar-refractivity contribution in [1.82, 2.24) is 4.90 Å². The van der Waals surface area contributed by atoms with Gasteiger partial charge in [-0.05, 0) is 45.3 Å². The van der Waals surface area contributed by atoms with E-state index < -0.39 is 38.0 Å². The first kappa shape index (κ1) is 23.9. The number of β-amino-alcohol motifs (C(OH)–C–C–N with tert-alkyl or cyclic N) is 1. The molecule has 8 heteroatoms. The van der Waals surface area contributed by atoms with Crippen LogP contribution in [0.3, 0.4) is 0 Å². The van der Waals surface area contributed by atoms with E-state index in [1.165, 1.54) is 12.0 Å². The van der Waals surface area contributed by atoms with Gasteiger partial charge < -0.3 is 23.9 Å². The fourth-order valence-electron chi connectivity index (χ4n) is 2.68. The van der Waals surface area contributed by atoms with E-state index in [0.717, 1.165) is 0 Å². The maximum Gasteiger partial charge on any atom is 0.410 e. The molecule has 1 N–H and O–H groups in total. The van der Waals surface area contributed by atoms with E-state index in [4.69, 9.17) is 13.9 Å². The molecular weight excluding hydrogens is 366 g/mol. The quantitative estimate of drug-likeness (QED) is 0.573. The maximum atomic E-state index is 12.7. The normalized spacial score (nSPS) is 24.5. The van der Waals surface area contributed by atoms with Crippen molar-refractivity contribution in [2.45, 2.75) is 83.8 Å². The van der Waals surface area contributed by atoms with Crippen LogP contribution >= 0.6 is 0 Å². The number of carbonyl (C=O) groups is 2. The average molecular weight is 404 g/mol. The summed E-state index contributed by atoms with van der Waals surface area (Å²) in [6, 6.07) is -0.360. The van der Waals surface area contributed by atoms with Crippen LogP contribution in [0.15, 0.2) is 0 Å². The van der Waals surface area contributed by atoms with E-state index >= 15 is 0 Å². The molecule has 1 saturated heterocycles. The summed E-state index contributed by atoms with van der Waals surface area (Å²) >= 11 is 0. The van der Waals surface area contributed by atoms with Crippen LogP contribution in [0.4, 0.5) is 4.79 Å². The Morgan fingerprint density at radius 2 is 1.70 bits per heavy atom. The molecule has 0 saturated carbocycles. The third-order valence-electron chi connectivity index (χ3n) is 5.39. The van der Waals surface area contributed by atoms with Crippen LogP contribution in [0.5, 0.6) is 0 Å². The molecular formula is C19H37NO6Si. The molecule has 0 radical (unpaired) electrons. The predicted molar refractivity (Wildman–Crippen MR) is 106 cm³/mol. The number of methoxy groups -OCH3 is 1. The lowest BCUT2D eigenvalue weighted by molar-refractivity contribution is -0.154. The number of amides is 1. The molecule has 0 aromatic carbocycles. The third kappa shape index (κ3) is 6.46. The van der Waals surface area contributed by atoms with Crippen LogP contribution in [-0.2, 0) is 18.7 Å². The first-order valence-electron chi connectivity index (χ1n) is 9.48. The molecule has 1 fully saturated rings. The molecule has 0 spiro atoms. The van der Waals surface area contributed by atoms with Gasteiger partial charge in [-0.1, -0.05) is 20.8 Å². The van der Waals surface area contributed by atoms with Crippen LogP contribution in [0, 0.1) is 5.92 Å². The van der Waals surface area contributed by atoms with Gasteiger partial charge in [0.2, 0.25) is 0 Å². The van der Waals surface area contributed by atoms with Crippen molar-refractivity contribution in [3.63, 3.8) is 0 Å². The zero-order valence-corrected chi connectivity index (χ0v) is 19.3. The molecule has 1 aliphatic heterocycles. The highest BCUT2D eigenvalue weighted by Gasteiger charge is 2.44. The van der Waals surface area contributed by atoms with Crippen molar-refractivity contribution < 1.29 is 28.6 Å². The Labute approximate surface area is 164 Å². The molecule has 158 valence electrons. The van der Waals surface area contributed by atoms with Crippen molar-refractivity contribution in [2.75, 3.05) is 20.3 Å². The fraction of sp³-hybridized carbons (Fsp3) is 0.895. The highest BCUT2D eigenvalue weighted by Crippen LogP contribution is 2.37. The molecule has 27 heavy (non-hydrogen) atoms. The largest absolute Gasteiger partial charge is 0.469 e. The summed E-state index contributed by atoms with van der Waals surface area (Å²) in [4.78, 5) is 26.2. The third-order valence-corrected chi connectivity index (χ3v) is 9.89. The summed E-state index contributed by atoms with van der Waals surface area (Å²) in [5.74, 6) is -1.15. The van der Waals surface area contributed by atoms with Crippen molar-refractivity contribution in [1.29, 1.82) is 0 Å². The molecule has 1 unspecified atom stereocenters. The van der Waals surface area contributed by atoms with E-state index in [1.807, 2.05) is 0 Å². The van der Waals surface area contributed by atoms with Gasteiger partial charge in [-0.15, -0.1) is 0 Å². The first-order valence-corrected chi connectivity index (χ1v) is 12.4. The van der Waals surface area contributed by atoms with Gasteiger partial charge in [0.1, 0.15) is 5.60 Å². The number of ether oxygens (including phenoxy) is 2. The lowest BCUT2D eigenvalue weighted by Gasteiger charge is -2.43.